The predicted octanol–water partition coefficient (Wildman–Crippen LogP) is 2.24. The van der Waals surface area contributed by atoms with Gasteiger partial charge in [-0.05, 0) is 36.2 Å². The maximum Gasteiger partial charge on any atom is 0.265 e. The summed E-state index contributed by atoms with van der Waals surface area (Å²) in [6, 6.07) is 15.4. The fraction of sp³-hybridized carbons (Fsp3) is 0.188. The Kier molecular flexibility index (Phi) is 3.29. The van der Waals surface area contributed by atoms with Crippen molar-refractivity contribution in [2.24, 2.45) is 0 Å². The third-order valence-corrected chi connectivity index (χ3v) is 3.41. The topological polar surface area (TPSA) is 55.6 Å². The number of nitrogen functional groups attached to an aromatic ring is 1. The first kappa shape index (κ1) is 12.5. The molecule has 3 rings (SSSR count). The van der Waals surface area contributed by atoms with Crippen LogP contribution in [0.3, 0.4) is 0 Å². The number of rotatable bonds is 3. The van der Waals surface area contributed by atoms with Gasteiger partial charge in [0, 0.05) is 12.2 Å². The van der Waals surface area contributed by atoms with Gasteiger partial charge in [0.15, 0.2) is 6.61 Å². The van der Waals surface area contributed by atoms with Gasteiger partial charge in [0.2, 0.25) is 0 Å². The number of nitrogens with two attached hydrogens (primary N) is 1. The van der Waals surface area contributed by atoms with Crippen LogP contribution in [-0.4, -0.2) is 19.1 Å². The molecule has 0 aromatic heterocycles. The number of carbonyl (C=O) groups excluding carboxylic acids is 1. The van der Waals surface area contributed by atoms with Gasteiger partial charge >= 0.3 is 0 Å². The molecule has 0 atom stereocenters. The first-order valence-electron chi connectivity index (χ1n) is 6.60. The Morgan fingerprint density at radius 1 is 1.10 bits per heavy atom. The van der Waals surface area contributed by atoms with E-state index in [2.05, 4.69) is 0 Å². The summed E-state index contributed by atoms with van der Waals surface area (Å²) >= 11 is 0. The molecule has 2 N–H and O–H groups in total. The Labute approximate surface area is 117 Å². The van der Waals surface area contributed by atoms with Crippen LogP contribution in [0.2, 0.25) is 0 Å². The van der Waals surface area contributed by atoms with Crippen LogP contribution in [0.1, 0.15) is 5.56 Å². The maximum atomic E-state index is 12.0. The molecule has 1 amide bonds. The average Bonchev–Trinajstić information content (AvgIpc) is 2.48. The number of fused-ring (bicyclic) bond motifs is 1. The van der Waals surface area contributed by atoms with Crippen molar-refractivity contribution in [1.82, 2.24) is 0 Å². The highest BCUT2D eigenvalue weighted by atomic mass is 16.5. The van der Waals surface area contributed by atoms with Gasteiger partial charge in [0.25, 0.3) is 5.91 Å². The van der Waals surface area contributed by atoms with Crippen LogP contribution >= 0.6 is 0 Å². The fourth-order valence-electron chi connectivity index (χ4n) is 2.32. The van der Waals surface area contributed by atoms with E-state index in [0.29, 0.717) is 6.54 Å². The van der Waals surface area contributed by atoms with Crippen molar-refractivity contribution in [3.05, 3.63) is 54.1 Å². The SMILES string of the molecule is Nc1ccc(CCN2C(=O)COc3ccccc32)cc1. The van der Waals surface area contributed by atoms with Crippen LogP contribution in [-0.2, 0) is 11.2 Å². The molecule has 4 heteroatoms. The molecule has 20 heavy (non-hydrogen) atoms. The van der Waals surface area contributed by atoms with Crippen LogP contribution in [0.4, 0.5) is 11.4 Å². The normalized spacial score (nSPS) is 13.8. The molecule has 0 fully saturated rings. The molecular weight excluding hydrogens is 252 g/mol. The van der Waals surface area contributed by atoms with E-state index in [-0.39, 0.29) is 12.5 Å². The maximum absolute atomic E-state index is 12.0. The minimum absolute atomic E-state index is 0.000792. The number of anilines is 2. The molecule has 0 unspecified atom stereocenters. The second kappa shape index (κ2) is 5.25. The lowest BCUT2D eigenvalue weighted by molar-refractivity contribution is -0.121. The molecule has 0 spiro atoms. The van der Waals surface area contributed by atoms with Gasteiger partial charge in [-0.1, -0.05) is 24.3 Å². The molecule has 0 saturated heterocycles. The van der Waals surface area contributed by atoms with Crippen LogP contribution in [0.25, 0.3) is 0 Å². The summed E-state index contributed by atoms with van der Waals surface area (Å²) in [4.78, 5) is 13.8. The molecule has 102 valence electrons. The minimum Gasteiger partial charge on any atom is -0.482 e. The van der Waals surface area contributed by atoms with Gasteiger partial charge in [-0.2, -0.15) is 0 Å². The molecule has 2 aromatic rings. The van der Waals surface area contributed by atoms with Crippen LogP contribution in [0.15, 0.2) is 48.5 Å². The van der Waals surface area contributed by atoms with E-state index in [1.165, 1.54) is 0 Å². The fourth-order valence-corrected chi connectivity index (χ4v) is 2.32. The minimum atomic E-state index is -0.000792. The average molecular weight is 268 g/mol. The monoisotopic (exact) mass is 268 g/mol. The molecule has 1 aliphatic heterocycles. The second-order valence-corrected chi connectivity index (χ2v) is 4.79. The first-order valence-corrected chi connectivity index (χ1v) is 6.60. The van der Waals surface area contributed by atoms with Gasteiger partial charge in [0.1, 0.15) is 5.75 Å². The highest BCUT2D eigenvalue weighted by Gasteiger charge is 2.24. The van der Waals surface area contributed by atoms with Crippen molar-refractivity contribution in [2.75, 3.05) is 23.8 Å². The summed E-state index contributed by atoms with van der Waals surface area (Å²) in [5.74, 6) is 0.767. The highest BCUT2D eigenvalue weighted by molar-refractivity contribution is 5.97. The standard InChI is InChI=1S/C16H16N2O2/c17-13-7-5-12(6-8-13)9-10-18-14-3-1-2-4-15(14)20-11-16(18)19/h1-8H,9-11,17H2. The summed E-state index contributed by atoms with van der Waals surface area (Å²) in [5, 5.41) is 0. The number of amides is 1. The molecule has 4 nitrogen and oxygen atoms in total. The number of carbonyl (C=O) groups is 1. The third-order valence-electron chi connectivity index (χ3n) is 3.41. The van der Waals surface area contributed by atoms with E-state index in [1.54, 1.807) is 4.90 Å². The molecule has 0 saturated carbocycles. The Balaban J connectivity index is 1.76. The van der Waals surface area contributed by atoms with Crippen LogP contribution in [0.5, 0.6) is 5.75 Å². The number of para-hydroxylation sites is 2. The molecule has 1 aliphatic rings. The Hall–Kier alpha value is -2.49. The zero-order valence-corrected chi connectivity index (χ0v) is 11.1. The Bertz CT molecular complexity index is 623. The van der Waals surface area contributed by atoms with Gasteiger partial charge < -0.3 is 15.4 Å². The van der Waals surface area contributed by atoms with Crippen LogP contribution in [0, 0.1) is 0 Å². The van der Waals surface area contributed by atoms with Gasteiger partial charge in [-0.3, -0.25) is 4.79 Å². The van der Waals surface area contributed by atoms with Crippen molar-refractivity contribution in [1.29, 1.82) is 0 Å². The Morgan fingerprint density at radius 3 is 2.65 bits per heavy atom. The lowest BCUT2D eigenvalue weighted by atomic mass is 10.1. The summed E-state index contributed by atoms with van der Waals surface area (Å²) in [6.07, 6.45) is 0.792. The summed E-state index contributed by atoms with van der Waals surface area (Å²) in [5.41, 5.74) is 8.43. The number of benzene rings is 2. The number of hydrogen-bond acceptors (Lipinski definition) is 3. The molecule has 0 aliphatic carbocycles. The van der Waals surface area contributed by atoms with Gasteiger partial charge in [0.05, 0.1) is 5.69 Å². The quantitative estimate of drug-likeness (QED) is 0.868. The predicted molar refractivity (Wildman–Crippen MR) is 78.8 cm³/mol. The third kappa shape index (κ3) is 2.45. The van der Waals surface area contributed by atoms with Crippen molar-refractivity contribution in [3.8, 4) is 5.75 Å². The van der Waals surface area contributed by atoms with E-state index < -0.39 is 0 Å². The van der Waals surface area contributed by atoms with Gasteiger partial charge in [-0.25, -0.2) is 0 Å². The molecule has 0 bridgehead atoms. The van der Waals surface area contributed by atoms with E-state index in [4.69, 9.17) is 10.5 Å². The number of nitrogens with zero attached hydrogens (tertiary/aromatic N) is 1. The van der Waals surface area contributed by atoms with Crippen molar-refractivity contribution in [3.63, 3.8) is 0 Å². The van der Waals surface area contributed by atoms with E-state index >= 15 is 0 Å². The summed E-state index contributed by atoms with van der Waals surface area (Å²) in [6.45, 7) is 0.752. The smallest absolute Gasteiger partial charge is 0.265 e. The lowest BCUT2D eigenvalue weighted by Crippen LogP contribution is -2.40. The highest BCUT2D eigenvalue weighted by Crippen LogP contribution is 2.31. The first-order chi connectivity index (χ1) is 9.74. The van der Waals surface area contributed by atoms with E-state index in [0.717, 1.165) is 29.1 Å². The Morgan fingerprint density at radius 2 is 1.85 bits per heavy atom. The number of hydrogen-bond donors (Lipinski definition) is 1. The van der Waals surface area contributed by atoms with Crippen LogP contribution < -0.4 is 15.4 Å². The van der Waals surface area contributed by atoms with Crippen molar-refractivity contribution in [2.45, 2.75) is 6.42 Å². The van der Waals surface area contributed by atoms with E-state index in [1.807, 2.05) is 48.5 Å². The number of ether oxygens (including phenoxy) is 1. The molecule has 0 radical (unpaired) electrons. The summed E-state index contributed by atoms with van der Waals surface area (Å²) in [7, 11) is 0. The zero-order chi connectivity index (χ0) is 13.9. The van der Waals surface area contributed by atoms with E-state index in [9.17, 15) is 4.79 Å². The van der Waals surface area contributed by atoms with Gasteiger partial charge in [-0.15, -0.1) is 0 Å². The van der Waals surface area contributed by atoms with Crippen molar-refractivity contribution < 1.29 is 9.53 Å². The molecular formula is C16H16N2O2. The summed E-state index contributed by atoms with van der Waals surface area (Å²) < 4.78 is 5.43. The van der Waals surface area contributed by atoms with Crippen molar-refractivity contribution >= 4 is 17.3 Å². The zero-order valence-electron chi connectivity index (χ0n) is 11.1. The lowest BCUT2D eigenvalue weighted by Gasteiger charge is -2.29. The molecule has 2 aromatic carbocycles. The molecule has 1 heterocycles. The second-order valence-electron chi connectivity index (χ2n) is 4.79. The largest absolute Gasteiger partial charge is 0.482 e.